The third-order valence-electron chi connectivity index (χ3n) is 3.72. The lowest BCUT2D eigenvalue weighted by Gasteiger charge is -2.29. The van der Waals surface area contributed by atoms with E-state index in [4.69, 9.17) is 9.47 Å². The van der Waals surface area contributed by atoms with Crippen molar-refractivity contribution in [2.24, 2.45) is 0 Å². The van der Waals surface area contributed by atoms with Crippen molar-refractivity contribution in [2.45, 2.75) is 39.4 Å². The summed E-state index contributed by atoms with van der Waals surface area (Å²) >= 11 is 0. The molecular weight excluding hydrogens is 323 g/mol. The Morgan fingerprint density at radius 2 is 1.72 bits per heavy atom. The first-order chi connectivity index (χ1) is 11.6. The number of ether oxygens (including phenoxy) is 2. The minimum absolute atomic E-state index is 0.0152. The van der Waals surface area contributed by atoms with Gasteiger partial charge in [0.1, 0.15) is 11.6 Å². The number of halogens is 1. The summed E-state index contributed by atoms with van der Waals surface area (Å²) in [5.41, 5.74) is 1.67. The Labute approximate surface area is 147 Å². The topological polar surface area (TPSA) is 55.8 Å². The van der Waals surface area contributed by atoms with Crippen molar-refractivity contribution in [3.63, 3.8) is 0 Å². The smallest absolute Gasteiger partial charge is 0.339 e. The maximum absolute atomic E-state index is 13.3. The van der Waals surface area contributed by atoms with E-state index >= 15 is 0 Å². The Kier molecular flexibility index (Phi) is 5.48. The van der Waals surface area contributed by atoms with Crippen LogP contribution in [0.1, 0.15) is 38.0 Å². The molecule has 0 aliphatic rings. The first kappa shape index (κ1) is 18.9. The standard InChI is InChI=1S/C20H23FO4/c1-12-6-11-15(22)17(13-7-9-14(21)10-8-13)16(12)18(19(23)24-5)25-20(2,3)4/h6-11,18,22H,1-5H3. The molecule has 0 fully saturated rings. The van der Waals surface area contributed by atoms with Gasteiger partial charge in [0.2, 0.25) is 0 Å². The number of methoxy groups -OCH3 is 1. The third kappa shape index (κ3) is 4.37. The minimum atomic E-state index is -1.02. The highest BCUT2D eigenvalue weighted by molar-refractivity contribution is 5.84. The summed E-state index contributed by atoms with van der Waals surface area (Å²) in [7, 11) is 1.29. The number of hydrogen-bond donors (Lipinski definition) is 1. The zero-order chi connectivity index (χ0) is 18.8. The fourth-order valence-corrected chi connectivity index (χ4v) is 2.66. The van der Waals surface area contributed by atoms with Gasteiger partial charge >= 0.3 is 5.97 Å². The van der Waals surface area contributed by atoms with Gasteiger partial charge in [-0.3, -0.25) is 0 Å². The second-order valence-corrected chi connectivity index (χ2v) is 6.83. The monoisotopic (exact) mass is 346 g/mol. The van der Waals surface area contributed by atoms with E-state index in [-0.39, 0.29) is 11.6 Å². The van der Waals surface area contributed by atoms with Crippen LogP contribution >= 0.6 is 0 Å². The van der Waals surface area contributed by atoms with Crippen LogP contribution in [0.2, 0.25) is 0 Å². The predicted octanol–water partition coefficient (Wildman–Crippen LogP) is 4.54. The van der Waals surface area contributed by atoms with Crippen LogP contribution < -0.4 is 0 Å². The largest absolute Gasteiger partial charge is 0.507 e. The van der Waals surface area contributed by atoms with E-state index in [0.717, 1.165) is 5.56 Å². The van der Waals surface area contributed by atoms with Gasteiger partial charge in [0.25, 0.3) is 0 Å². The number of rotatable bonds is 4. The Hall–Kier alpha value is -2.40. The molecule has 0 bridgehead atoms. The lowest BCUT2D eigenvalue weighted by atomic mass is 9.91. The molecule has 1 N–H and O–H groups in total. The van der Waals surface area contributed by atoms with E-state index in [9.17, 15) is 14.3 Å². The van der Waals surface area contributed by atoms with E-state index in [1.54, 1.807) is 24.3 Å². The van der Waals surface area contributed by atoms with Gasteiger partial charge in [0.05, 0.1) is 12.7 Å². The number of benzene rings is 2. The molecule has 0 aromatic heterocycles. The van der Waals surface area contributed by atoms with Crippen molar-refractivity contribution in [2.75, 3.05) is 7.11 Å². The summed E-state index contributed by atoms with van der Waals surface area (Å²) in [6.07, 6.45) is -1.02. The van der Waals surface area contributed by atoms with E-state index in [1.807, 2.05) is 27.7 Å². The normalized spacial score (nSPS) is 12.7. The highest BCUT2D eigenvalue weighted by atomic mass is 19.1. The van der Waals surface area contributed by atoms with E-state index in [2.05, 4.69) is 0 Å². The third-order valence-corrected chi connectivity index (χ3v) is 3.72. The van der Waals surface area contributed by atoms with Gasteiger partial charge in [-0.1, -0.05) is 18.2 Å². The number of phenols is 1. The average Bonchev–Trinajstić information content (AvgIpc) is 2.54. The molecule has 0 saturated carbocycles. The molecule has 0 radical (unpaired) electrons. The first-order valence-electron chi connectivity index (χ1n) is 7.98. The molecule has 25 heavy (non-hydrogen) atoms. The van der Waals surface area contributed by atoms with Gasteiger partial charge in [-0.2, -0.15) is 0 Å². The highest BCUT2D eigenvalue weighted by Gasteiger charge is 2.32. The Morgan fingerprint density at radius 3 is 2.24 bits per heavy atom. The summed E-state index contributed by atoms with van der Waals surface area (Å²) in [4.78, 5) is 12.4. The molecule has 5 heteroatoms. The molecule has 0 aliphatic heterocycles. The number of esters is 1. The Morgan fingerprint density at radius 1 is 1.12 bits per heavy atom. The van der Waals surface area contributed by atoms with Crippen LogP contribution in [-0.4, -0.2) is 23.8 Å². The number of carbonyl (C=O) groups is 1. The highest BCUT2D eigenvalue weighted by Crippen LogP contribution is 2.40. The fourth-order valence-electron chi connectivity index (χ4n) is 2.66. The molecule has 2 aromatic carbocycles. The van der Waals surface area contributed by atoms with Crippen LogP contribution in [0.4, 0.5) is 4.39 Å². The van der Waals surface area contributed by atoms with Crippen LogP contribution in [-0.2, 0) is 14.3 Å². The van der Waals surface area contributed by atoms with Crippen LogP contribution in [0, 0.1) is 12.7 Å². The summed E-state index contributed by atoms with van der Waals surface area (Å²) in [6.45, 7) is 7.32. The van der Waals surface area contributed by atoms with Gasteiger partial charge < -0.3 is 14.6 Å². The summed E-state index contributed by atoms with van der Waals surface area (Å²) in [6, 6.07) is 8.97. The average molecular weight is 346 g/mol. The molecule has 0 amide bonds. The Balaban J connectivity index is 2.71. The van der Waals surface area contributed by atoms with E-state index in [1.165, 1.54) is 19.2 Å². The molecule has 2 rings (SSSR count). The lowest BCUT2D eigenvalue weighted by molar-refractivity contribution is -0.164. The molecule has 1 unspecified atom stereocenters. The molecular formula is C20H23FO4. The van der Waals surface area contributed by atoms with Gasteiger partial charge in [0.15, 0.2) is 6.10 Å². The number of phenolic OH excluding ortho intramolecular Hbond substituents is 1. The van der Waals surface area contributed by atoms with Crippen LogP contribution in [0.3, 0.4) is 0 Å². The Bertz CT molecular complexity index is 761. The number of aryl methyl sites for hydroxylation is 1. The molecule has 0 aliphatic carbocycles. The van der Waals surface area contributed by atoms with Gasteiger partial charge in [0, 0.05) is 11.1 Å². The maximum atomic E-state index is 13.3. The van der Waals surface area contributed by atoms with E-state index < -0.39 is 17.7 Å². The van der Waals surface area contributed by atoms with Crippen LogP contribution in [0.5, 0.6) is 5.75 Å². The maximum Gasteiger partial charge on any atom is 0.339 e. The SMILES string of the molecule is COC(=O)C(OC(C)(C)C)c1c(C)ccc(O)c1-c1ccc(F)cc1. The second-order valence-electron chi connectivity index (χ2n) is 6.83. The summed E-state index contributed by atoms with van der Waals surface area (Å²) in [5, 5.41) is 10.4. The first-order valence-corrected chi connectivity index (χ1v) is 7.98. The molecule has 0 spiro atoms. The van der Waals surface area contributed by atoms with Crippen LogP contribution in [0.15, 0.2) is 36.4 Å². The van der Waals surface area contributed by atoms with Crippen molar-refractivity contribution < 1.29 is 23.8 Å². The van der Waals surface area contributed by atoms with Crippen molar-refractivity contribution in [1.82, 2.24) is 0 Å². The number of aromatic hydroxyl groups is 1. The molecule has 2 aromatic rings. The minimum Gasteiger partial charge on any atom is -0.507 e. The van der Waals surface area contributed by atoms with Crippen molar-refractivity contribution in [3.05, 3.63) is 53.3 Å². The molecule has 0 saturated heterocycles. The van der Waals surface area contributed by atoms with Crippen molar-refractivity contribution >= 4 is 5.97 Å². The molecule has 4 nitrogen and oxygen atoms in total. The van der Waals surface area contributed by atoms with E-state index in [0.29, 0.717) is 16.7 Å². The quantitative estimate of drug-likeness (QED) is 0.826. The van der Waals surface area contributed by atoms with Crippen molar-refractivity contribution in [1.29, 1.82) is 0 Å². The zero-order valence-corrected chi connectivity index (χ0v) is 15.1. The van der Waals surface area contributed by atoms with Crippen molar-refractivity contribution in [3.8, 4) is 16.9 Å². The predicted molar refractivity (Wildman–Crippen MR) is 93.8 cm³/mol. The molecule has 134 valence electrons. The zero-order valence-electron chi connectivity index (χ0n) is 15.1. The van der Waals surface area contributed by atoms with Gasteiger partial charge in [-0.05, 0) is 57.0 Å². The number of hydrogen-bond acceptors (Lipinski definition) is 4. The summed E-state index contributed by atoms with van der Waals surface area (Å²) in [5.74, 6) is -0.960. The molecule has 1 atom stereocenters. The lowest BCUT2D eigenvalue weighted by Crippen LogP contribution is -2.29. The fraction of sp³-hybridized carbons (Fsp3) is 0.350. The molecule has 0 heterocycles. The summed E-state index contributed by atoms with van der Waals surface area (Å²) < 4.78 is 24.1. The number of carbonyl (C=O) groups excluding carboxylic acids is 1. The van der Waals surface area contributed by atoms with Crippen LogP contribution in [0.25, 0.3) is 11.1 Å². The van der Waals surface area contributed by atoms with Gasteiger partial charge in [-0.15, -0.1) is 0 Å². The second kappa shape index (κ2) is 7.23. The van der Waals surface area contributed by atoms with Gasteiger partial charge in [-0.25, -0.2) is 9.18 Å².